The number of imidazole rings is 1. The largest absolute Gasteiger partial charge is 0.424 e. The van der Waals surface area contributed by atoms with Gasteiger partial charge < -0.3 is 15.0 Å². The lowest BCUT2D eigenvalue weighted by Gasteiger charge is -2.27. The molecule has 0 saturated carbocycles. The van der Waals surface area contributed by atoms with Crippen LogP contribution in [0.15, 0.2) is 29.6 Å². The summed E-state index contributed by atoms with van der Waals surface area (Å²) in [6, 6.07) is 7.46. The van der Waals surface area contributed by atoms with Crippen LogP contribution in [0.4, 0.5) is 13.2 Å². The monoisotopic (exact) mass is 412 g/mol. The highest BCUT2D eigenvalue weighted by Gasteiger charge is 2.58. The summed E-state index contributed by atoms with van der Waals surface area (Å²) in [7, 11) is 0. The number of halogens is 3. The fraction of sp³-hybridized carbons (Fsp3) is 0.389. The van der Waals surface area contributed by atoms with Crippen LogP contribution in [0, 0.1) is 13.8 Å². The van der Waals surface area contributed by atoms with Crippen LogP contribution < -0.4 is 5.32 Å². The number of benzene rings is 1. The Hall–Kier alpha value is -2.46. The molecule has 0 aliphatic carbocycles. The van der Waals surface area contributed by atoms with Crippen LogP contribution in [0.1, 0.15) is 22.9 Å². The number of aliphatic hydroxyl groups is 1. The van der Waals surface area contributed by atoms with Gasteiger partial charge >= 0.3 is 6.18 Å². The van der Waals surface area contributed by atoms with Gasteiger partial charge in [-0.05, 0) is 26.0 Å². The number of hydrogen-bond donors (Lipinski definition) is 2. The van der Waals surface area contributed by atoms with E-state index in [0.29, 0.717) is 23.6 Å². The Morgan fingerprint density at radius 3 is 2.61 bits per heavy atom. The number of aryl methyl sites for hydroxylation is 2. The Morgan fingerprint density at radius 1 is 1.25 bits per heavy atom. The van der Waals surface area contributed by atoms with Crippen molar-refractivity contribution in [1.82, 2.24) is 19.9 Å². The minimum atomic E-state index is -5.02. The third-order valence-electron chi connectivity index (χ3n) is 4.36. The molecule has 0 saturated heterocycles. The molecule has 1 atom stereocenters. The molecule has 1 unspecified atom stereocenters. The molecule has 10 heteroatoms. The van der Waals surface area contributed by atoms with E-state index in [9.17, 15) is 23.1 Å². The zero-order chi connectivity index (χ0) is 20.5. The summed E-state index contributed by atoms with van der Waals surface area (Å²) < 4.78 is 42.2. The van der Waals surface area contributed by atoms with Gasteiger partial charge in [0.1, 0.15) is 10.8 Å². The molecule has 0 fully saturated rings. The first-order valence-electron chi connectivity index (χ1n) is 8.52. The molecule has 6 nitrogen and oxygen atoms in total. The second-order valence-electron chi connectivity index (χ2n) is 6.48. The summed E-state index contributed by atoms with van der Waals surface area (Å²) >= 11 is 0.677. The molecule has 2 aromatic heterocycles. The molecule has 3 rings (SSSR count). The van der Waals surface area contributed by atoms with Crippen molar-refractivity contribution in [3.63, 3.8) is 0 Å². The molecule has 28 heavy (non-hydrogen) atoms. The molecule has 150 valence electrons. The zero-order valence-corrected chi connectivity index (χ0v) is 16.1. The second kappa shape index (κ2) is 7.51. The average molecular weight is 412 g/mol. The Balaban J connectivity index is 1.68. The average Bonchev–Trinajstić information content (AvgIpc) is 3.17. The Bertz CT molecular complexity index is 998. The summed E-state index contributed by atoms with van der Waals surface area (Å²) in [5.74, 6) is -0.171. The number of fused-ring (bicyclic) bond motifs is 1. The SMILES string of the molecule is Cc1csc(C(O)(CC(=O)NCCn2c(C)nc3ccccc32)C(F)(F)F)n1. The van der Waals surface area contributed by atoms with Gasteiger partial charge in [0.15, 0.2) is 0 Å². The highest BCUT2D eigenvalue weighted by molar-refractivity contribution is 7.09. The van der Waals surface area contributed by atoms with Crippen molar-refractivity contribution >= 4 is 28.3 Å². The van der Waals surface area contributed by atoms with E-state index in [1.165, 1.54) is 12.3 Å². The lowest BCUT2D eigenvalue weighted by molar-refractivity contribution is -0.267. The molecule has 0 aliphatic rings. The van der Waals surface area contributed by atoms with E-state index >= 15 is 0 Å². The van der Waals surface area contributed by atoms with Gasteiger partial charge in [0.25, 0.3) is 0 Å². The molecule has 2 heterocycles. The maximum atomic E-state index is 13.5. The zero-order valence-electron chi connectivity index (χ0n) is 15.2. The van der Waals surface area contributed by atoms with Crippen LogP contribution in [0.2, 0.25) is 0 Å². The fourth-order valence-corrected chi connectivity index (χ4v) is 3.84. The first-order valence-corrected chi connectivity index (χ1v) is 9.40. The van der Waals surface area contributed by atoms with Gasteiger partial charge in [0, 0.05) is 24.2 Å². The Kier molecular flexibility index (Phi) is 5.44. The predicted octanol–water partition coefficient (Wildman–Crippen LogP) is 3.07. The summed E-state index contributed by atoms with van der Waals surface area (Å²) in [4.78, 5) is 20.3. The lowest BCUT2D eigenvalue weighted by atomic mass is 9.99. The van der Waals surface area contributed by atoms with Crippen molar-refractivity contribution in [2.24, 2.45) is 0 Å². The summed E-state index contributed by atoms with van der Waals surface area (Å²) in [5, 5.41) is 13.5. The minimum absolute atomic E-state index is 0.102. The standard InChI is InChI=1S/C18H19F3N4O2S/c1-11-10-28-16(23-11)17(27,18(19,20)21)9-15(26)22-7-8-25-12(2)24-13-5-3-4-6-14(13)25/h3-6,10,27H,7-9H2,1-2H3,(H,22,26). The number of carbonyl (C=O) groups excluding carboxylic acids is 1. The van der Waals surface area contributed by atoms with Crippen molar-refractivity contribution in [3.05, 3.63) is 46.2 Å². The van der Waals surface area contributed by atoms with Crippen molar-refractivity contribution in [1.29, 1.82) is 0 Å². The van der Waals surface area contributed by atoms with Crippen LogP contribution in [0.25, 0.3) is 11.0 Å². The van der Waals surface area contributed by atoms with Gasteiger partial charge in [0.05, 0.1) is 17.5 Å². The lowest BCUT2D eigenvalue weighted by Crippen LogP contribution is -2.46. The number of nitrogens with zero attached hydrogens (tertiary/aromatic N) is 3. The molecule has 2 N–H and O–H groups in total. The topological polar surface area (TPSA) is 80.0 Å². The predicted molar refractivity (Wildman–Crippen MR) is 98.9 cm³/mol. The molecule has 1 aromatic carbocycles. The first-order chi connectivity index (χ1) is 13.1. The summed E-state index contributed by atoms with van der Waals surface area (Å²) in [6.07, 6.45) is -6.17. The molecule has 3 aromatic rings. The third-order valence-corrected chi connectivity index (χ3v) is 5.47. The number of aromatic nitrogens is 3. The van der Waals surface area contributed by atoms with Gasteiger partial charge in [0.2, 0.25) is 11.5 Å². The summed E-state index contributed by atoms with van der Waals surface area (Å²) in [5.41, 5.74) is -1.28. The van der Waals surface area contributed by atoms with Crippen molar-refractivity contribution in [3.8, 4) is 0 Å². The number of para-hydroxylation sites is 2. The van der Waals surface area contributed by atoms with Crippen LogP contribution in [-0.4, -0.2) is 38.3 Å². The number of thiazole rings is 1. The number of nitrogens with one attached hydrogen (secondary N) is 1. The van der Waals surface area contributed by atoms with Gasteiger partial charge in [-0.2, -0.15) is 13.2 Å². The Morgan fingerprint density at radius 2 is 1.96 bits per heavy atom. The number of amides is 1. The number of carbonyl (C=O) groups is 1. The van der Waals surface area contributed by atoms with Crippen molar-refractivity contribution in [2.45, 2.75) is 38.6 Å². The molecule has 0 radical (unpaired) electrons. The number of rotatable bonds is 6. The highest BCUT2D eigenvalue weighted by atomic mass is 32.1. The van der Waals surface area contributed by atoms with Crippen LogP contribution in [0.5, 0.6) is 0 Å². The van der Waals surface area contributed by atoms with E-state index < -0.39 is 29.1 Å². The summed E-state index contributed by atoms with van der Waals surface area (Å²) in [6.45, 7) is 3.79. The van der Waals surface area contributed by atoms with Crippen LogP contribution in [-0.2, 0) is 16.9 Å². The highest BCUT2D eigenvalue weighted by Crippen LogP contribution is 2.42. The van der Waals surface area contributed by atoms with E-state index in [0.717, 1.165) is 16.9 Å². The number of alkyl halides is 3. The van der Waals surface area contributed by atoms with Crippen LogP contribution in [0.3, 0.4) is 0 Å². The van der Waals surface area contributed by atoms with Gasteiger partial charge in [-0.15, -0.1) is 11.3 Å². The van der Waals surface area contributed by atoms with Crippen LogP contribution >= 0.6 is 11.3 Å². The molecule has 0 aliphatic heterocycles. The van der Waals surface area contributed by atoms with E-state index in [-0.39, 0.29) is 6.54 Å². The van der Waals surface area contributed by atoms with Gasteiger partial charge in [-0.1, -0.05) is 12.1 Å². The fourth-order valence-electron chi connectivity index (χ4n) is 2.92. The Labute approximate surface area is 163 Å². The molecule has 1 amide bonds. The molecule has 0 spiro atoms. The maximum absolute atomic E-state index is 13.5. The van der Waals surface area contributed by atoms with Gasteiger partial charge in [-0.3, -0.25) is 4.79 Å². The van der Waals surface area contributed by atoms with Crippen molar-refractivity contribution in [2.75, 3.05) is 6.54 Å². The minimum Gasteiger partial charge on any atom is -0.374 e. The van der Waals surface area contributed by atoms with E-state index in [4.69, 9.17) is 0 Å². The van der Waals surface area contributed by atoms with E-state index in [2.05, 4.69) is 15.3 Å². The van der Waals surface area contributed by atoms with E-state index in [1.807, 2.05) is 35.8 Å². The first kappa shape index (κ1) is 20.3. The quantitative estimate of drug-likeness (QED) is 0.652. The smallest absolute Gasteiger partial charge is 0.374 e. The third kappa shape index (κ3) is 3.88. The van der Waals surface area contributed by atoms with Gasteiger partial charge in [-0.25, -0.2) is 9.97 Å². The molecular formula is C18H19F3N4O2S. The normalized spacial score (nSPS) is 14.2. The van der Waals surface area contributed by atoms with Crippen molar-refractivity contribution < 1.29 is 23.1 Å². The molecular weight excluding hydrogens is 393 g/mol. The second-order valence-corrected chi connectivity index (χ2v) is 7.34. The maximum Gasteiger partial charge on any atom is 0.424 e. The molecule has 0 bridgehead atoms. The number of hydrogen-bond acceptors (Lipinski definition) is 5. The van der Waals surface area contributed by atoms with E-state index in [1.54, 1.807) is 0 Å².